The van der Waals surface area contributed by atoms with E-state index in [4.69, 9.17) is 4.74 Å². The molecule has 1 aliphatic heterocycles. The largest absolute Gasteiger partial charge is 0.378 e. The highest BCUT2D eigenvalue weighted by atomic mass is 16.5. The maximum atomic E-state index is 12.4. The van der Waals surface area contributed by atoms with Gasteiger partial charge in [-0.3, -0.25) is 4.79 Å². The summed E-state index contributed by atoms with van der Waals surface area (Å²) < 4.78 is 5.45. The molecule has 0 saturated carbocycles. The van der Waals surface area contributed by atoms with E-state index in [1.165, 1.54) is 0 Å². The molecule has 18 heavy (non-hydrogen) atoms. The lowest BCUT2D eigenvalue weighted by Gasteiger charge is -2.31. The number of morpholine rings is 1. The molecule has 1 unspecified atom stereocenters. The predicted octanol–water partition coefficient (Wildman–Crippen LogP) is 1.61. The average molecular weight is 248 g/mol. The second kappa shape index (κ2) is 5.40. The van der Waals surface area contributed by atoms with Crippen LogP contribution in [0, 0.1) is 0 Å². The Labute approximate surface area is 108 Å². The number of hydrogen-bond acceptors (Lipinski definition) is 3. The van der Waals surface area contributed by atoms with Crippen LogP contribution >= 0.6 is 0 Å². The number of carbonyl (C=O) groups is 1. The Morgan fingerprint density at radius 1 is 1.44 bits per heavy atom. The van der Waals surface area contributed by atoms with Crippen LogP contribution in [0.1, 0.15) is 17.3 Å². The first kappa shape index (κ1) is 12.9. The molecule has 0 N–H and O–H groups in total. The maximum absolute atomic E-state index is 12.4. The first-order valence-electron chi connectivity index (χ1n) is 6.26. The molecule has 1 atom stereocenters. The van der Waals surface area contributed by atoms with Crippen molar-refractivity contribution in [1.82, 2.24) is 4.90 Å². The summed E-state index contributed by atoms with van der Waals surface area (Å²) in [5.41, 5.74) is 1.79. The molecule has 0 bridgehead atoms. The van der Waals surface area contributed by atoms with Crippen LogP contribution in [0.4, 0.5) is 5.69 Å². The van der Waals surface area contributed by atoms with Crippen LogP contribution in [0.2, 0.25) is 0 Å². The normalized spacial score (nSPS) is 19.7. The molecule has 0 aromatic heterocycles. The fourth-order valence-electron chi connectivity index (χ4n) is 2.10. The lowest BCUT2D eigenvalue weighted by Crippen LogP contribution is -2.44. The maximum Gasteiger partial charge on any atom is 0.254 e. The summed E-state index contributed by atoms with van der Waals surface area (Å²) >= 11 is 0. The minimum Gasteiger partial charge on any atom is -0.378 e. The van der Waals surface area contributed by atoms with Crippen molar-refractivity contribution < 1.29 is 9.53 Å². The fourth-order valence-corrected chi connectivity index (χ4v) is 2.10. The van der Waals surface area contributed by atoms with Crippen molar-refractivity contribution in [2.45, 2.75) is 13.0 Å². The number of benzene rings is 1. The number of amides is 1. The number of carbonyl (C=O) groups excluding carboxylic acids is 1. The molecule has 4 heteroatoms. The molecule has 1 aromatic rings. The zero-order valence-electron chi connectivity index (χ0n) is 11.2. The van der Waals surface area contributed by atoms with Gasteiger partial charge < -0.3 is 14.5 Å². The van der Waals surface area contributed by atoms with Gasteiger partial charge in [0.2, 0.25) is 0 Å². The third-order valence-electron chi connectivity index (χ3n) is 3.14. The zero-order chi connectivity index (χ0) is 13.1. The van der Waals surface area contributed by atoms with Gasteiger partial charge in [-0.2, -0.15) is 0 Å². The van der Waals surface area contributed by atoms with E-state index in [1.54, 1.807) is 0 Å². The number of ether oxygens (including phenoxy) is 1. The van der Waals surface area contributed by atoms with E-state index in [0.29, 0.717) is 19.7 Å². The summed E-state index contributed by atoms with van der Waals surface area (Å²) in [6.07, 6.45) is 0.125. The second-order valence-electron chi connectivity index (χ2n) is 4.88. The van der Waals surface area contributed by atoms with Gasteiger partial charge in [0.25, 0.3) is 5.91 Å². The van der Waals surface area contributed by atoms with Crippen molar-refractivity contribution in [3.63, 3.8) is 0 Å². The summed E-state index contributed by atoms with van der Waals surface area (Å²) in [5, 5.41) is 0. The molecule has 1 saturated heterocycles. The highest BCUT2D eigenvalue weighted by molar-refractivity contribution is 5.95. The number of nitrogens with zero attached hydrogens (tertiary/aromatic N) is 2. The number of rotatable bonds is 2. The summed E-state index contributed by atoms with van der Waals surface area (Å²) in [6, 6.07) is 7.73. The Morgan fingerprint density at radius 3 is 2.89 bits per heavy atom. The Hall–Kier alpha value is -1.55. The Morgan fingerprint density at radius 2 is 2.22 bits per heavy atom. The van der Waals surface area contributed by atoms with Crippen molar-refractivity contribution in [1.29, 1.82) is 0 Å². The molecule has 1 aliphatic rings. The smallest absolute Gasteiger partial charge is 0.254 e. The first-order valence-corrected chi connectivity index (χ1v) is 6.26. The first-order chi connectivity index (χ1) is 8.58. The van der Waals surface area contributed by atoms with E-state index in [1.807, 2.05) is 55.1 Å². The van der Waals surface area contributed by atoms with Crippen molar-refractivity contribution in [3.8, 4) is 0 Å². The molecule has 2 rings (SSSR count). The highest BCUT2D eigenvalue weighted by Crippen LogP contribution is 2.16. The molecule has 1 fully saturated rings. The highest BCUT2D eigenvalue weighted by Gasteiger charge is 2.22. The Kier molecular flexibility index (Phi) is 3.87. The summed E-state index contributed by atoms with van der Waals surface area (Å²) in [7, 11) is 3.95. The van der Waals surface area contributed by atoms with Gasteiger partial charge in [-0.15, -0.1) is 0 Å². The zero-order valence-corrected chi connectivity index (χ0v) is 11.2. The van der Waals surface area contributed by atoms with Crippen LogP contribution in [0.15, 0.2) is 24.3 Å². The minimum atomic E-state index is 0.0915. The number of anilines is 1. The monoisotopic (exact) mass is 248 g/mol. The van der Waals surface area contributed by atoms with Crippen molar-refractivity contribution >= 4 is 11.6 Å². The van der Waals surface area contributed by atoms with Crippen molar-refractivity contribution in [2.75, 3.05) is 38.7 Å². The summed E-state index contributed by atoms with van der Waals surface area (Å²) in [5.74, 6) is 0.0915. The lowest BCUT2D eigenvalue weighted by molar-refractivity contribution is -0.0124. The topological polar surface area (TPSA) is 32.8 Å². The Balaban J connectivity index is 2.15. The second-order valence-corrected chi connectivity index (χ2v) is 4.88. The van der Waals surface area contributed by atoms with Gasteiger partial charge in [-0.25, -0.2) is 0 Å². The Bertz CT molecular complexity index is 432. The molecule has 0 aliphatic carbocycles. The van der Waals surface area contributed by atoms with Crippen LogP contribution in [-0.2, 0) is 4.74 Å². The standard InChI is InChI=1S/C14H20N2O2/c1-11-10-16(7-8-18-11)14(17)12-5-4-6-13(9-12)15(2)3/h4-6,9,11H,7-8,10H2,1-3H3. The van der Waals surface area contributed by atoms with E-state index < -0.39 is 0 Å². The quantitative estimate of drug-likeness (QED) is 0.797. The van der Waals surface area contributed by atoms with Gasteiger partial charge in [-0.1, -0.05) is 6.07 Å². The van der Waals surface area contributed by atoms with Crippen molar-refractivity contribution in [3.05, 3.63) is 29.8 Å². The third-order valence-corrected chi connectivity index (χ3v) is 3.14. The molecular weight excluding hydrogens is 228 g/mol. The van der Waals surface area contributed by atoms with E-state index in [-0.39, 0.29) is 12.0 Å². The van der Waals surface area contributed by atoms with E-state index >= 15 is 0 Å². The van der Waals surface area contributed by atoms with E-state index in [2.05, 4.69) is 0 Å². The van der Waals surface area contributed by atoms with Crippen molar-refractivity contribution in [2.24, 2.45) is 0 Å². The van der Waals surface area contributed by atoms with Crippen LogP contribution in [0.25, 0.3) is 0 Å². The SMILES string of the molecule is CC1CN(C(=O)c2cccc(N(C)C)c2)CCO1. The molecule has 4 nitrogen and oxygen atoms in total. The third kappa shape index (κ3) is 2.82. The average Bonchev–Trinajstić information content (AvgIpc) is 2.38. The van der Waals surface area contributed by atoms with E-state index in [9.17, 15) is 4.79 Å². The molecule has 0 spiro atoms. The van der Waals surface area contributed by atoms with Gasteiger partial charge in [0.15, 0.2) is 0 Å². The fraction of sp³-hybridized carbons (Fsp3) is 0.500. The summed E-state index contributed by atoms with van der Waals surface area (Å²) in [4.78, 5) is 16.2. The van der Waals surface area contributed by atoms with Crippen LogP contribution < -0.4 is 4.90 Å². The van der Waals surface area contributed by atoms with Gasteiger partial charge in [-0.05, 0) is 25.1 Å². The minimum absolute atomic E-state index is 0.0915. The van der Waals surface area contributed by atoms with Gasteiger partial charge in [0, 0.05) is 38.4 Å². The number of hydrogen-bond donors (Lipinski definition) is 0. The molecule has 1 heterocycles. The molecule has 0 radical (unpaired) electrons. The van der Waals surface area contributed by atoms with Crippen LogP contribution in [0.3, 0.4) is 0 Å². The summed E-state index contributed by atoms with van der Waals surface area (Å²) in [6.45, 7) is 3.97. The molecular formula is C14H20N2O2. The van der Waals surface area contributed by atoms with Gasteiger partial charge >= 0.3 is 0 Å². The van der Waals surface area contributed by atoms with Gasteiger partial charge in [0.05, 0.1) is 12.7 Å². The lowest BCUT2D eigenvalue weighted by atomic mass is 10.1. The molecule has 1 amide bonds. The molecule has 1 aromatic carbocycles. The predicted molar refractivity (Wildman–Crippen MR) is 72.1 cm³/mol. The van der Waals surface area contributed by atoms with E-state index in [0.717, 1.165) is 11.3 Å². The molecule has 98 valence electrons. The van der Waals surface area contributed by atoms with Gasteiger partial charge in [0.1, 0.15) is 0 Å². The van der Waals surface area contributed by atoms with Crippen LogP contribution in [0.5, 0.6) is 0 Å². The van der Waals surface area contributed by atoms with Crippen LogP contribution in [-0.4, -0.2) is 50.7 Å².